The van der Waals surface area contributed by atoms with Crippen molar-refractivity contribution in [2.75, 3.05) is 22.1 Å². The van der Waals surface area contributed by atoms with Gasteiger partial charge in [0.1, 0.15) is 0 Å². The Morgan fingerprint density at radius 1 is 1.26 bits per heavy atom. The second kappa shape index (κ2) is 7.08. The van der Waals surface area contributed by atoms with Crippen molar-refractivity contribution in [1.82, 2.24) is 0 Å². The summed E-state index contributed by atoms with van der Waals surface area (Å²) >= 11 is 1.41. The lowest BCUT2D eigenvalue weighted by Crippen LogP contribution is -2.32. The molecule has 0 fully saturated rings. The summed E-state index contributed by atoms with van der Waals surface area (Å²) in [7, 11) is 0. The molecule has 2 N–H and O–H groups in total. The quantitative estimate of drug-likeness (QED) is 0.857. The number of carbonyl (C=O) groups excluding carboxylic acids is 3. The van der Waals surface area contributed by atoms with Gasteiger partial charge in [0.25, 0.3) is 0 Å². The molecule has 1 atom stereocenters. The molecule has 6 nitrogen and oxygen atoms in total. The molecule has 0 saturated carbocycles. The molecule has 0 bridgehead atoms. The topological polar surface area (TPSA) is 78.5 Å². The first-order valence-corrected chi connectivity index (χ1v) is 9.66. The number of benzene rings is 2. The van der Waals surface area contributed by atoms with E-state index in [2.05, 4.69) is 10.6 Å². The summed E-state index contributed by atoms with van der Waals surface area (Å²) in [6.07, 6.45) is 0.873. The van der Waals surface area contributed by atoms with Crippen molar-refractivity contribution < 1.29 is 14.4 Å². The second-order valence-corrected chi connectivity index (χ2v) is 7.85. The third-order valence-electron chi connectivity index (χ3n) is 4.72. The molecule has 138 valence electrons. The average molecular weight is 381 g/mol. The maximum atomic E-state index is 12.4. The maximum Gasteiger partial charge on any atom is 0.238 e. The zero-order chi connectivity index (χ0) is 19.0. The molecule has 1 unspecified atom stereocenters. The highest BCUT2D eigenvalue weighted by atomic mass is 32.2. The monoisotopic (exact) mass is 381 g/mol. The highest BCUT2D eigenvalue weighted by Gasteiger charge is 2.29. The summed E-state index contributed by atoms with van der Waals surface area (Å²) in [6.45, 7) is 2.22. The van der Waals surface area contributed by atoms with E-state index in [9.17, 15) is 14.4 Å². The summed E-state index contributed by atoms with van der Waals surface area (Å²) < 4.78 is 0. The van der Waals surface area contributed by atoms with Crippen LogP contribution in [0.15, 0.2) is 47.4 Å². The van der Waals surface area contributed by atoms with Crippen molar-refractivity contribution in [3.05, 3.63) is 48.0 Å². The molecular weight excluding hydrogens is 362 g/mol. The van der Waals surface area contributed by atoms with Gasteiger partial charge < -0.3 is 15.5 Å². The van der Waals surface area contributed by atoms with Gasteiger partial charge >= 0.3 is 0 Å². The van der Waals surface area contributed by atoms with Crippen LogP contribution in [-0.2, 0) is 20.8 Å². The van der Waals surface area contributed by atoms with Gasteiger partial charge in [-0.3, -0.25) is 14.4 Å². The summed E-state index contributed by atoms with van der Waals surface area (Å²) in [5, 5.41) is 5.27. The average Bonchev–Trinajstić information content (AvgIpc) is 3.05. The third-order valence-corrected chi connectivity index (χ3v) is 5.99. The van der Waals surface area contributed by atoms with Gasteiger partial charge in [-0.05, 0) is 42.3 Å². The van der Waals surface area contributed by atoms with E-state index < -0.39 is 5.25 Å². The molecule has 2 aromatic carbocycles. The van der Waals surface area contributed by atoms with E-state index in [0.717, 1.165) is 28.3 Å². The van der Waals surface area contributed by atoms with Crippen LogP contribution >= 0.6 is 11.8 Å². The summed E-state index contributed by atoms with van der Waals surface area (Å²) in [4.78, 5) is 39.0. The molecular formula is C20H19N3O3S. The van der Waals surface area contributed by atoms with E-state index in [1.165, 1.54) is 11.8 Å². The lowest BCUT2D eigenvalue weighted by atomic mass is 10.1. The molecule has 3 amide bonds. The van der Waals surface area contributed by atoms with E-state index in [0.29, 0.717) is 12.2 Å². The van der Waals surface area contributed by atoms with Crippen LogP contribution in [0.4, 0.5) is 17.1 Å². The molecule has 0 spiro atoms. The molecule has 2 heterocycles. The summed E-state index contributed by atoms with van der Waals surface area (Å²) in [5.74, 6) is -0.338. The fraction of sp³-hybridized carbons (Fsp3) is 0.250. The predicted octanol–water partition coefficient (Wildman–Crippen LogP) is 3.04. The Hall–Kier alpha value is -2.80. The van der Waals surface area contributed by atoms with Crippen LogP contribution in [0.1, 0.15) is 18.9 Å². The van der Waals surface area contributed by atoms with Crippen molar-refractivity contribution in [3.8, 4) is 0 Å². The molecule has 2 aromatic rings. The molecule has 2 aliphatic rings. The Bertz CT molecular complexity index is 944. The minimum absolute atomic E-state index is 0.0196. The first-order chi connectivity index (χ1) is 13.0. The Balaban J connectivity index is 1.42. The van der Waals surface area contributed by atoms with Crippen LogP contribution in [0.2, 0.25) is 0 Å². The number of rotatable bonds is 3. The number of carbonyl (C=O) groups is 3. The van der Waals surface area contributed by atoms with E-state index >= 15 is 0 Å². The largest absolute Gasteiger partial charge is 0.326 e. The van der Waals surface area contributed by atoms with E-state index in [1.807, 2.05) is 36.4 Å². The minimum atomic E-state index is -0.456. The lowest BCUT2D eigenvalue weighted by Gasteiger charge is -2.23. The van der Waals surface area contributed by atoms with Gasteiger partial charge in [0.2, 0.25) is 17.7 Å². The third kappa shape index (κ3) is 3.55. The van der Waals surface area contributed by atoms with Gasteiger partial charge in [-0.15, -0.1) is 11.8 Å². The normalized spacial score (nSPS) is 17.7. The zero-order valence-corrected chi connectivity index (χ0v) is 15.6. The Kier molecular flexibility index (Phi) is 4.61. The van der Waals surface area contributed by atoms with Gasteiger partial charge in [0.05, 0.1) is 10.9 Å². The van der Waals surface area contributed by atoms with Crippen molar-refractivity contribution >= 4 is 46.5 Å². The molecule has 0 radical (unpaired) electrons. The molecule has 7 heteroatoms. The standard InChI is InChI=1S/C20H19N3O3S/c1-12(24)23-9-8-13-10-14(6-7-16(13)23)21-19(25)11-18-20(26)22-15-4-2-3-5-17(15)27-18/h2-7,10,18H,8-9,11H2,1H3,(H,21,25)(H,22,26). The van der Waals surface area contributed by atoms with Crippen LogP contribution in [0.5, 0.6) is 0 Å². The number of nitrogens with one attached hydrogen (secondary N) is 2. The molecule has 0 aliphatic carbocycles. The zero-order valence-electron chi connectivity index (χ0n) is 14.8. The van der Waals surface area contributed by atoms with Gasteiger partial charge in [0, 0.05) is 36.2 Å². The van der Waals surface area contributed by atoms with Crippen molar-refractivity contribution in [2.45, 2.75) is 29.9 Å². The number of hydrogen-bond acceptors (Lipinski definition) is 4. The second-order valence-electron chi connectivity index (χ2n) is 6.61. The maximum absolute atomic E-state index is 12.4. The number of hydrogen-bond donors (Lipinski definition) is 2. The van der Waals surface area contributed by atoms with Crippen LogP contribution in [0, 0.1) is 0 Å². The molecule has 4 rings (SSSR count). The van der Waals surface area contributed by atoms with E-state index in [-0.39, 0.29) is 24.1 Å². The van der Waals surface area contributed by atoms with Crippen molar-refractivity contribution in [1.29, 1.82) is 0 Å². The van der Waals surface area contributed by atoms with Gasteiger partial charge in [-0.25, -0.2) is 0 Å². The first-order valence-electron chi connectivity index (χ1n) is 8.79. The SMILES string of the molecule is CC(=O)N1CCc2cc(NC(=O)CC3Sc4ccccc4NC3=O)ccc21. The van der Waals surface area contributed by atoms with Crippen molar-refractivity contribution in [3.63, 3.8) is 0 Å². The summed E-state index contributed by atoms with van der Waals surface area (Å²) in [5.41, 5.74) is 3.42. The van der Waals surface area contributed by atoms with E-state index in [1.54, 1.807) is 17.9 Å². The first kappa shape index (κ1) is 17.6. The number of fused-ring (bicyclic) bond motifs is 2. The Morgan fingerprint density at radius 2 is 2.07 bits per heavy atom. The van der Waals surface area contributed by atoms with Crippen LogP contribution in [0.3, 0.4) is 0 Å². The minimum Gasteiger partial charge on any atom is -0.326 e. The fourth-order valence-corrected chi connectivity index (χ4v) is 4.52. The van der Waals surface area contributed by atoms with E-state index in [4.69, 9.17) is 0 Å². The van der Waals surface area contributed by atoms with Gasteiger partial charge in [-0.1, -0.05) is 12.1 Å². The number of nitrogens with zero attached hydrogens (tertiary/aromatic N) is 1. The molecule has 0 aromatic heterocycles. The summed E-state index contributed by atoms with van der Waals surface area (Å²) in [6, 6.07) is 13.1. The lowest BCUT2D eigenvalue weighted by molar-refractivity contribution is -0.120. The van der Waals surface area contributed by atoms with Gasteiger partial charge in [-0.2, -0.15) is 0 Å². The molecule has 27 heavy (non-hydrogen) atoms. The van der Waals surface area contributed by atoms with Gasteiger partial charge in [0.15, 0.2) is 0 Å². The highest BCUT2D eigenvalue weighted by molar-refractivity contribution is 8.01. The number of amides is 3. The molecule has 2 aliphatic heterocycles. The number of anilines is 3. The molecule has 0 saturated heterocycles. The smallest absolute Gasteiger partial charge is 0.238 e. The van der Waals surface area contributed by atoms with Crippen LogP contribution < -0.4 is 15.5 Å². The van der Waals surface area contributed by atoms with Crippen molar-refractivity contribution in [2.24, 2.45) is 0 Å². The Morgan fingerprint density at radius 3 is 2.89 bits per heavy atom. The number of para-hydroxylation sites is 1. The number of thioether (sulfide) groups is 1. The predicted molar refractivity (Wildman–Crippen MR) is 106 cm³/mol. The highest BCUT2D eigenvalue weighted by Crippen LogP contribution is 2.37. The van der Waals surface area contributed by atoms with Crippen LogP contribution in [-0.4, -0.2) is 29.5 Å². The van der Waals surface area contributed by atoms with Crippen LogP contribution in [0.25, 0.3) is 0 Å². The Labute approximate surface area is 161 Å². The fourth-order valence-electron chi connectivity index (χ4n) is 3.41.